The highest BCUT2D eigenvalue weighted by atomic mass is 16.3. The van der Waals surface area contributed by atoms with Gasteiger partial charge in [-0.05, 0) is 18.6 Å². The van der Waals surface area contributed by atoms with Gasteiger partial charge >= 0.3 is 0 Å². The zero-order chi connectivity index (χ0) is 7.56. The van der Waals surface area contributed by atoms with Gasteiger partial charge in [0, 0.05) is 6.04 Å². The summed E-state index contributed by atoms with van der Waals surface area (Å²) in [5.41, 5.74) is 5.46. The van der Waals surface area contributed by atoms with Gasteiger partial charge in [0.25, 0.3) is 0 Å². The minimum Gasteiger partial charge on any atom is -0.504 e. The summed E-state index contributed by atoms with van der Waals surface area (Å²) in [5.74, 6) is -0.572. The quantitative estimate of drug-likeness (QED) is 0.506. The molecule has 3 N–H and O–H groups in total. The van der Waals surface area contributed by atoms with Gasteiger partial charge in [-0.25, -0.2) is 0 Å². The van der Waals surface area contributed by atoms with Crippen LogP contribution >= 0.6 is 0 Å². The Morgan fingerprint density at radius 3 is 3.10 bits per heavy atom. The SMILES string of the molecule is NC1C=CC(=O)C(O)=CC1. The van der Waals surface area contributed by atoms with E-state index in [2.05, 4.69) is 0 Å². The van der Waals surface area contributed by atoms with Crippen LogP contribution in [0.15, 0.2) is 24.0 Å². The molecule has 1 aliphatic rings. The summed E-state index contributed by atoms with van der Waals surface area (Å²) in [4.78, 5) is 10.7. The topological polar surface area (TPSA) is 63.3 Å². The van der Waals surface area contributed by atoms with Gasteiger partial charge in [-0.1, -0.05) is 6.08 Å². The fraction of sp³-hybridized carbons (Fsp3) is 0.286. The number of aliphatic hydroxyl groups is 1. The van der Waals surface area contributed by atoms with E-state index in [1.807, 2.05) is 0 Å². The molecule has 0 amide bonds. The van der Waals surface area contributed by atoms with Crippen molar-refractivity contribution in [3.8, 4) is 0 Å². The van der Waals surface area contributed by atoms with Crippen LogP contribution in [0.1, 0.15) is 6.42 Å². The van der Waals surface area contributed by atoms with Crippen molar-refractivity contribution in [1.29, 1.82) is 0 Å². The molecule has 1 rings (SSSR count). The second-order valence-electron chi connectivity index (χ2n) is 2.21. The van der Waals surface area contributed by atoms with Crippen molar-refractivity contribution < 1.29 is 9.90 Å². The van der Waals surface area contributed by atoms with Crippen LogP contribution in [0.2, 0.25) is 0 Å². The van der Waals surface area contributed by atoms with Crippen molar-refractivity contribution in [2.24, 2.45) is 5.73 Å². The maximum atomic E-state index is 10.7. The number of rotatable bonds is 0. The first-order valence-corrected chi connectivity index (χ1v) is 3.07. The largest absolute Gasteiger partial charge is 0.504 e. The van der Waals surface area contributed by atoms with Gasteiger partial charge in [0.05, 0.1) is 0 Å². The van der Waals surface area contributed by atoms with Crippen molar-refractivity contribution >= 4 is 5.78 Å². The lowest BCUT2D eigenvalue weighted by Gasteiger charge is -1.96. The number of aliphatic hydroxyl groups excluding tert-OH is 1. The van der Waals surface area contributed by atoms with Crippen molar-refractivity contribution in [2.45, 2.75) is 12.5 Å². The van der Waals surface area contributed by atoms with Gasteiger partial charge in [0.2, 0.25) is 5.78 Å². The lowest BCUT2D eigenvalue weighted by atomic mass is 10.2. The highest BCUT2D eigenvalue weighted by Gasteiger charge is 2.08. The Kier molecular flexibility index (Phi) is 1.87. The first-order chi connectivity index (χ1) is 4.70. The number of carbonyl (C=O) groups is 1. The summed E-state index contributed by atoms with van der Waals surface area (Å²) >= 11 is 0. The van der Waals surface area contributed by atoms with Crippen LogP contribution in [0.25, 0.3) is 0 Å². The lowest BCUT2D eigenvalue weighted by molar-refractivity contribution is -0.113. The molecule has 1 atom stereocenters. The Morgan fingerprint density at radius 1 is 1.70 bits per heavy atom. The molecular formula is C7H9NO2. The van der Waals surface area contributed by atoms with Gasteiger partial charge in [-0.2, -0.15) is 0 Å². The summed E-state index contributed by atoms with van der Waals surface area (Å²) in [7, 11) is 0. The molecule has 0 aromatic carbocycles. The summed E-state index contributed by atoms with van der Waals surface area (Å²) in [6, 6.07) is -0.145. The highest BCUT2D eigenvalue weighted by molar-refractivity contribution is 6.02. The minimum absolute atomic E-state index is 0.145. The van der Waals surface area contributed by atoms with E-state index in [-0.39, 0.29) is 17.6 Å². The second kappa shape index (κ2) is 2.66. The average molecular weight is 139 g/mol. The van der Waals surface area contributed by atoms with Gasteiger partial charge < -0.3 is 10.8 Å². The number of hydrogen-bond donors (Lipinski definition) is 2. The van der Waals surface area contributed by atoms with Crippen LogP contribution in [0.3, 0.4) is 0 Å². The summed E-state index contributed by atoms with van der Waals surface area (Å²) in [5, 5.41) is 8.88. The minimum atomic E-state index is -0.368. The maximum Gasteiger partial charge on any atom is 0.219 e. The van der Waals surface area contributed by atoms with Crippen LogP contribution < -0.4 is 5.73 Å². The molecule has 10 heavy (non-hydrogen) atoms. The molecule has 0 aliphatic heterocycles. The van der Waals surface area contributed by atoms with Crippen LogP contribution in [-0.4, -0.2) is 16.9 Å². The van der Waals surface area contributed by atoms with Crippen molar-refractivity contribution in [1.82, 2.24) is 0 Å². The molecule has 1 aliphatic carbocycles. The third-order valence-electron chi connectivity index (χ3n) is 1.33. The van der Waals surface area contributed by atoms with E-state index in [1.54, 1.807) is 6.08 Å². The molecule has 0 heterocycles. The molecule has 0 aromatic rings. The van der Waals surface area contributed by atoms with Crippen molar-refractivity contribution in [2.75, 3.05) is 0 Å². The predicted octanol–water partition coefficient (Wildman–Crippen LogP) is 0.285. The van der Waals surface area contributed by atoms with Crippen molar-refractivity contribution in [3.05, 3.63) is 24.0 Å². The van der Waals surface area contributed by atoms with Crippen molar-refractivity contribution in [3.63, 3.8) is 0 Å². The van der Waals surface area contributed by atoms with Crippen LogP contribution in [0.5, 0.6) is 0 Å². The second-order valence-corrected chi connectivity index (χ2v) is 2.21. The monoisotopic (exact) mass is 139 g/mol. The average Bonchev–Trinajstić information content (AvgIpc) is 2.04. The Bertz CT molecular complexity index is 206. The molecule has 0 aromatic heterocycles. The summed E-state index contributed by atoms with van der Waals surface area (Å²) in [6.07, 6.45) is 4.84. The predicted molar refractivity (Wildman–Crippen MR) is 37.5 cm³/mol. The number of hydrogen-bond acceptors (Lipinski definition) is 3. The first-order valence-electron chi connectivity index (χ1n) is 3.07. The Morgan fingerprint density at radius 2 is 2.40 bits per heavy atom. The molecule has 0 radical (unpaired) electrons. The third kappa shape index (κ3) is 1.45. The number of carbonyl (C=O) groups excluding carboxylic acids is 1. The van der Waals surface area contributed by atoms with E-state index in [4.69, 9.17) is 10.8 Å². The summed E-state index contributed by atoms with van der Waals surface area (Å²) in [6.45, 7) is 0. The fourth-order valence-electron chi connectivity index (χ4n) is 0.723. The number of ketones is 1. The van der Waals surface area contributed by atoms with Gasteiger partial charge in [-0.15, -0.1) is 0 Å². The Labute approximate surface area is 58.8 Å². The molecule has 0 spiro atoms. The van der Waals surface area contributed by atoms with Crippen LogP contribution in [-0.2, 0) is 4.79 Å². The van der Waals surface area contributed by atoms with E-state index < -0.39 is 0 Å². The smallest absolute Gasteiger partial charge is 0.219 e. The van der Waals surface area contributed by atoms with E-state index in [9.17, 15) is 4.79 Å². The number of allylic oxidation sites excluding steroid dienone is 1. The molecule has 3 nitrogen and oxygen atoms in total. The zero-order valence-electron chi connectivity index (χ0n) is 5.45. The van der Waals surface area contributed by atoms with Gasteiger partial charge in [0.15, 0.2) is 5.76 Å². The van der Waals surface area contributed by atoms with E-state index in [1.165, 1.54) is 12.2 Å². The molecule has 1 unspecified atom stereocenters. The first kappa shape index (κ1) is 7.02. The Hall–Kier alpha value is -1.09. The molecule has 0 fully saturated rings. The Balaban J connectivity index is 2.81. The van der Waals surface area contributed by atoms with Gasteiger partial charge in [0.1, 0.15) is 0 Å². The molecular weight excluding hydrogens is 130 g/mol. The molecule has 54 valence electrons. The molecule has 0 bridgehead atoms. The third-order valence-corrected chi connectivity index (χ3v) is 1.33. The standard InChI is InChI=1S/C7H9NO2/c8-5-1-3-6(9)7(10)4-2-5/h1,3-5,10H,2,8H2. The van der Waals surface area contributed by atoms with Gasteiger partial charge in [-0.3, -0.25) is 4.79 Å². The van der Waals surface area contributed by atoms with E-state index >= 15 is 0 Å². The summed E-state index contributed by atoms with van der Waals surface area (Å²) < 4.78 is 0. The molecule has 0 saturated heterocycles. The van der Waals surface area contributed by atoms with E-state index in [0.29, 0.717) is 6.42 Å². The molecule has 3 heteroatoms. The van der Waals surface area contributed by atoms with Crippen LogP contribution in [0.4, 0.5) is 0 Å². The normalized spacial score (nSPS) is 25.9. The van der Waals surface area contributed by atoms with E-state index in [0.717, 1.165) is 0 Å². The zero-order valence-corrected chi connectivity index (χ0v) is 5.45. The highest BCUT2D eigenvalue weighted by Crippen LogP contribution is 2.03. The lowest BCUT2D eigenvalue weighted by Crippen LogP contribution is -2.14. The molecule has 0 saturated carbocycles. The maximum absolute atomic E-state index is 10.7. The fourth-order valence-corrected chi connectivity index (χ4v) is 0.723. The number of nitrogens with two attached hydrogens (primary N) is 1. The van der Waals surface area contributed by atoms with Crippen LogP contribution in [0, 0.1) is 0 Å².